The lowest BCUT2D eigenvalue weighted by Crippen LogP contribution is -2.25. The minimum Gasteiger partial charge on any atom is -0.383 e. The Bertz CT molecular complexity index is 415. The molecule has 1 aliphatic rings. The normalized spacial score (nSPS) is 16.4. The predicted octanol–water partition coefficient (Wildman–Crippen LogP) is 2.21. The maximum absolute atomic E-state index is 6.06. The molecular formula is C13H21N3O. The summed E-state index contributed by atoms with van der Waals surface area (Å²) >= 11 is 0. The SMILES string of the molecule is COC(C)(C)c1nc(N)c2c(n1)CCCCC2. The van der Waals surface area contributed by atoms with E-state index in [1.807, 2.05) is 13.8 Å². The number of ether oxygens (including phenoxy) is 1. The molecule has 0 bridgehead atoms. The highest BCUT2D eigenvalue weighted by Gasteiger charge is 2.26. The van der Waals surface area contributed by atoms with Crippen molar-refractivity contribution in [3.8, 4) is 0 Å². The van der Waals surface area contributed by atoms with Gasteiger partial charge in [0.1, 0.15) is 11.4 Å². The van der Waals surface area contributed by atoms with E-state index in [4.69, 9.17) is 10.5 Å². The largest absolute Gasteiger partial charge is 0.383 e. The summed E-state index contributed by atoms with van der Waals surface area (Å²) in [5, 5.41) is 0. The number of aryl methyl sites for hydroxylation is 1. The zero-order chi connectivity index (χ0) is 12.5. The van der Waals surface area contributed by atoms with Crippen LogP contribution in [0.2, 0.25) is 0 Å². The van der Waals surface area contributed by atoms with Crippen LogP contribution in [0.1, 0.15) is 50.2 Å². The van der Waals surface area contributed by atoms with E-state index < -0.39 is 5.60 Å². The molecule has 0 radical (unpaired) electrons. The van der Waals surface area contributed by atoms with Crippen LogP contribution in [0.3, 0.4) is 0 Å². The van der Waals surface area contributed by atoms with Gasteiger partial charge in [-0.3, -0.25) is 0 Å². The van der Waals surface area contributed by atoms with Gasteiger partial charge in [0, 0.05) is 18.4 Å². The standard InChI is InChI=1S/C13H21N3O/c1-13(2,17-3)12-15-10-8-6-4-5-7-9(10)11(14)16-12/h4-8H2,1-3H3,(H2,14,15,16). The fourth-order valence-electron chi connectivity index (χ4n) is 2.16. The molecule has 0 unspecified atom stereocenters. The molecule has 94 valence electrons. The molecule has 1 heterocycles. The Balaban J connectivity index is 2.46. The van der Waals surface area contributed by atoms with Crippen LogP contribution in [-0.4, -0.2) is 17.1 Å². The van der Waals surface area contributed by atoms with Crippen LogP contribution in [0, 0.1) is 0 Å². The molecule has 0 saturated heterocycles. The summed E-state index contributed by atoms with van der Waals surface area (Å²) in [6.45, 7) is 3.93. The number of nitrogen functional groups attached to an aromatic ring is 1. The average molecular weight is 235 g/mol. The third-order valence-electron chi connectivity index (χ3n) is 3.51. The van der Waals surface area contributed by atoms with Gasteiger partial charge in [-0.2, -0.15) is 0 Å². The molecule has 0 aliphatic heterocycles. The third-order valence-corrected chi connectivity index (χ3v) is 3.51. The molecule has 2 rings (SSSR count). The molecule has 0 spiro atoms. The zero-order valence-electron chi connectivity index (χ0n) is 10.9. The molecule has 0 amide bonds. The Hall–Kier alpha value is -1.16. The molecule has 2 N–H and O–H groups in total. The van der Waals surface area contributed by atoms with Gasteiger partial charge in [-0.1, -0.05) is 6.42 Å². The van der Waals surface area contributed by atoms with Crippen molar-refractivity contribution >= 4 is 5.82 Å². The van der Waals surface area contributed by atoms with Crippen LogP contribution in [-0.2, 0) is 23.2 Å². The van der Waals surface area contributed by atoms with E-state index in [-0.39, 0.29) is 0 Å². The quantitative estimate of drug-likeness (QED) is 0.798. The summed E-state index contributed by atoms with van der Waals surface area (Å²) in [6.07, 6.45) is 5.65. The second-order valence-corrected chi connectivity index (χ2v) is 5.13. The van der Waals surface area contributed by atoms with Crippen molar-refractivity contribution in [1.29, 1.82) is 0 Å². The van der Waals surface area contributed by atoms with E-state index in [0.29, 0.717) is 11.6 Å². The van der Waals surface area contributed by atoms with Crippen LogP contribution in [0.25, 0.3) is 0 Å². The number of nitrogens with two attached hydrogens (primary N) is 1. The van der Waals surface area contributed by atoms with Crippen LogP contribution in [0.15, 0.2) is 0 Å². The Morgan fingerprint density at radius 3 is 2.53 bits per heavy atom. The van der Waals surface area contributed by atoms with Gasteiger partial charge in [0.2, 0.25) is 0 Å². The van der Waals surface area contributed by atoms with E-state index in [1.165, 1.54) is 19.3 Å². The van der Waals surface area contributed by atoms with Gasteiger partial charge < -0.3 is 10.5 Å². The lowest BCUT2D eigenvalue weighted by molar-refractivity contribution is 0.0114. The number of hydrogen-bond acceptors (Lipinski definition) is 4. The Morgan fingerprint density at radius 1 is 1.12 bits per heavy atom. The summed E-state index contributed by atoms with van der Waals surface area (Å²) in [5.74, 6) is 1.33. The van der Waals surface area contributed by atoms with Crippen molar-refractivity contribution in [2.75, 3.05) is 12.8 Å². The molecule has 17 heavy (non-hydrogen) atoms. The zero-order valence-corrected chi connectivity index (χ0v) is 10.9. The second-order valence-electron chi connectivity index (χ2n) is 5.13. The number of anilines is 1. The predicted molar refractivity (Wildman–Crippen MR) is 67.7 cm³/mol. The van der Waals surface area contributed by atoms with Crippen molar-refractivity contribution in [2.24, 2.45) is 0 Å². The van der Waals surface area contributed by atoms with Gasteiger partial charge in [-0.05, 0) is 39.5 Å². The summed E-state index contributed by atoms with van der Waals surface area (Å²) in [4.78, 5) is 9.07. The monoisotopic (exact) mass is 235 g/mol. The van der Waals surface area contributed by atoms with Gasteiger partial charge in [0.15, 0.2) is 5.82 Å². The highest BCUT2D eigenvalue weighted by molar-refractivity contribution is 5.43. The van der Waals surface area contributed by atoms with E-state index in [2.05, 4.69) is 9.97 Å². The number of hydrogen-bond donors (Lipinski definition) is 1. The van der Waals surface area contributed by atoms with Crippen molar-refractivity contribution in [2.45, 2.75) is 51.6 Å². The first-order valence-electron chi connectivity index (χ1n) is 6.25. The number of methoxy groups -OCH3 is 1. The Morgan fingerprint density at radius 2 is 1.82 bits per heavy atom. The first kappa shape index (κ1) is 12.3. The molecule has 1 aromatic rings. The molecule has 0 saturated carbocycles. The second kappa shape index (κ2) is 4.61. The van der Waals surface area contributed by atoms with Gasteiger partial charge in [0.05, 0.1) is 0 Å². The van der Waals surface area contributed by atoms with Crippen LogP contribution in [0.5, 0.6) is 0 Å². The molecule has 0 fully saturated rings. The van der Waals surface area contributed by atoms with E-state index in [1.54, 1.807) is 7.11 Å². The van der Waals surface area contributed by atoms with E-state index >= 15 is 0 Å². The summed E-state index contributed by atoms with van der Waals surface area (Å²) in [6, 6.07) is 0. The number of aromatic nitrogens is 2. The molecule has 1 aromatic heterocycles. The average Bonchev–Trinajstić information content (AvgIpc) is 2.54. The van der Waals surface area contributed by atoms with Crippen molar-refractivity contribution in [1.82, 2.24) is 9.97 Å². The third kappa shape index (κ3) is 2.41. The molecule has 0 atom stereocenters. The molecular weight excluding hydrogens is 214 g/mol. The van der Waals surface area contributed by atoms with Crippen LogP contribution in [0.4, 0.5) is 5.82 Å². The number of rotatable bonds is 2. The van der Waals surface area contributed by atoms with Gasteiger partial charge >= 0.3 is 0 Å². The van der Waals surface area contributed by atoms with Gasteiger partial charge in [-0.15, -0.1) is 0 Å². The minimum absolute atomic E-state index is 0.477. The molecule has 0 aromatic carbocycles. The summed E-state index contributed by atoms with van der Waals surface area (Å²) < 4.78 is 5.42. The highest BCUT2D eigenvalue weighted by Crippen LogP contribution is 2.27. The first-order chi connectivity index (χ1) is 8.04. The Labute approximate surface area is 103 Å². The van der Waals surface area contributed by atoms with Crippen molar-refractivity contribution in [3.05, 3.63) is 17.1 Å². The fourth-order valence-corrected chi connectivity index (χ4v) is 2.16. The molecule has 4 nitrogen and oxygen atoms in total. The van der Waals surface area contributed by atoms with E-state index in [9.17, 15) is 0 Å². The van der Waals surface area contributed by atoms with E-state index in [0.717, 1.165) is 24.1 Å². The topological polar surface area (TPSA) is 61.0 Å². The number of fused-ring (bicyclic) bond motifs is 1. The molecule has 4 heteroatoms. The fraction of sp³-hybridized carbons (Fsp3) is 0.692. The van der Waals surface area contributed by atoms with Gasteiger partial charge in [0.25, 0.3) is 0 Å². The highest BCUT2D eigenvalue weighted by atomic mass is 16.5. The molecule has 1 aliphatic carbocycles. The lowest BCUT2D eigenvalue weighted by atomic mass is 10.1. The van der Waals surface area contributed by atoms with Crippen LogP contribution < -0.4 is 5.73 Å². The Kier molecular flexibility index (Phi) is 3.33. The van der Waals surface area contributed by atoms with Crippen LogP contribution >= 0.6 is 0 Å². The van der Waals surface area contributed by atoms with Crippen molar-refractivity contribution < 1.29 is 4.74 Å². The van der Waals surface area contributed by atoms with Gasteiger partial charge in [-0.25, -0.2) is 9.97 Å². The lowest BCUT2D eigenvalue weighted by Gasteiger charge is -2.23. The summed E-state index contributed by atoms with van der Waals surface area (Å²) in [5.41, 5.74) is 7.85. The smallest absolute Gasteiger partial charge is 0.162 e. The number of nitrogens with zero attached hydrogens (tertiary/aromatic N) is 2. The first-order valence-corrected chi connectivity index (χ1v) is 6.25. The maximum atomic E-state index is 6.06. The minimum atomic E-state index is -0.477. The summed E-state index contributed by atoms with van der Waals surface area (Å²) in [7, 11) is 1.67. The maximum Gasteiger partial charge on any atom is 0.162 e. The van der Waals surface area contributed by atoms with Crippen molar-refractivity contribution in [3.63, 3.8) is 0 Å².